The molecule has 1 aliphatic rings. The summed E-state index contributed by atoms with van der Waals surface area (Å²) in [5.41, 5.74) is 3.57. The van der Waals surface area contributed by atoms with Crippen molar-refractivity contribution in [2.24, 2.45) is 0 Å². The highest BCUT2D eigenvalue weighted by Gasteiger charge is 2.33. The van der Waals surface area contributed by atoms with Crippen LogP contribution in [0.5, 0.6) is 0 Å². The Hall–Kier alpha value is -1.71. The molecule has 2 unspecified atom stereocenters. The molecule has 0 aliphatic heterocycles. The van der Waals surface area contributed by atoms with E-state index in [0.29, 0.717) is 0 Å². The molecule has 0 spiro atoms. The topological polar surface area (TPSA) is 36.4 Å². The molecule has 0 fully saturated rings. The molecule has 2 atom stereocenters. The van der Waals surface area contributed by atoms with Crippen LogP contribution in [0, 0.1) is 0 Å². The maximum absolute atomic E-state index is 10.4. The second-order valence-corrected chi connectivity index (χ2v) is 5.19. The first-order valence-corrected chi connectivity index (χ1v) is 6.60. The van der Waals surface area contributed by atoms with Gasteiger partial charge < -0.3 is 5.11 Å². The Morgan fingerprint density at radius 1 is 1.21 bits per heavy atom. The molecule has 3 rings (SSSR count). The Kier molecular flexibility index (Phi) is 3.32. The quantitative estimate of drug-likeness (QED) is 0.912. The molecule has 1 heterocycles. The van der Waals surface area contributed by atoms with Crippen LogP contribution >= 0.6 is 0 Å². The second kappa shape index (κ2) is 5.11. The number of likely N-dealkylation sites (N-methyl/N-ethyl adjacent to an activating group) is 1. The van der Waals surface area contributed by atoms with E-state index >= 15 is 0 Å². The third-order valence-corrected chi connectivity index (χ3v) is 3.91. The summed E-state index contributed by atoms with van der Waals surface area (Å²) in [6.07, 6.45) is 4.15. The Morgan fingerprint density at radius 3 is 2.68 bits per heavy atom. The second-order valence-electron chi connectivity index (χ2n) is 5.19. The molecular weight excluding hydrogens is 236 g/mol. The number of rotatable bonds is 3. The van der Waals surface area contributed by atoms with Crippen LogP contribution in [0.2, 0.25) is 0 Å². The van der Waals surface area contributed by atoms with Crippen molar-refractivity contribution in [2.45, 2.75) is 25.1 Å². The molecule has 3 nitrogen and oxygen atoms in total. The third kappa shape index (κ3) is 2.39. The van der Waals surface area contributed by atoms with Crippen molar-refractivity contribution in [3.8, 4) is 0 Å². The van der Waals surface area contributed by atoms with Gasteiger partial charge in [0.15, 0.2) is 0 Å². The largest absolute Gasteiger partial charge is 0.387 e. The fourth-order valence-electron chi connectivity index (χ4n) is 2.84. The molecule has 0 saturated carbocycles. The van der Waals surface area contributed by atoms with Crippen LogP contribution in [0.4, 0.5) is 0 Å². The minimum atomic E-state index is -0.386. The van der Waals surface area contributed by atoms with Crippen molar-refractivity contribution >= 4 is 0 Å². The van der Waals surface area contributed by atoms with Crippen molar-refractivity contribution < 1.29 is 5.11 Å². The van der Waals surface area contributed by atoms with Crippen LogP contribution in [0.3, 0.4) is 0 Å². The highest BCUT2D eigenvalue weighted by molar-refractivity contribution is 5.35. The zero-order valence-corrected chi connectivity index (χ0v) is 11.0. The molecule has 1 aromatic carbocycles. The molecular formula is C16H18N2O. The first-order valence-electron chi connectivity index (χ1n) is 6.60. The average molecular weight is 254 g/mol. The van der Waals surface area contributed by atoms with Gasteiger partial charge in [0.2, 0.25) is 0 Å². The normalized spacial score (nSPS) is 21.6. The first-order chi connectivity index (χ1) is 9.25. The van der Waals surface area contributed by atoms with Gasteiger partial charge in [-0.1, -0.05) is 24.3 Å². The molecule has 19 heavy (non-hydrogen) atoms. The third-order valence-electron chi connectivity index (χ3n) is 3.91. The summed E-state index contributed by atoms with van der Waals surface area (Å²) >= 11 is 0. The SMILES string of the molecule is CN(Cc1ccncc1)C1Cc2ccccc2C1O. The summed E-state index contributed by atoms with van der Waals surface area (Å²) in [5, 5.41) is 10.4. The molecule has 98 valence electrons. The number of aliphatic hydroxyl groups excluding tert-OH is 1. The van der Waals surface area contributed by atoms with E-state index in [2.05, 4.69) is 23.0 Å². The summed E-state index contributed by atoms with van der Waals surface area (Å²) in [7, 11) is 2.07. The maximum atomic E-state index is 10.4. The Bertz CT molecular complexity index is 556. The predicted octanol–water partition coefficient (Wildman–Crippen LogP) is 2.17. The van der Waals surface area contributed by atoms with Crippen LogP contribution in [0.1, 0.15) is 22.8 Å². The molecule has 3 heteroatoms. The van der Waals surface area contributed by atoms with Gasteiger partial charge in [0, 0.05) is 25.0 Å². The number of hydrogen-bond acceptors (Lipinski definition) is 3. The van der Waals surface area contributed by atoms with Crippen LogP contribution in [-0.4, -0.2) is 28.1 Å². The van der Waals surface area contributed by atoms with Crippen molar-refractivity contribution in [1.82, 2.24) is 9.88 Å². The minimum absolute atomic E-state index is 0.158. The Labute approximate surface area is 113 Å². The molecule has 0 saturated heterocycles. The van der Waals surface area contributed by atoms with Gasteiger partial charge in [-0.15, -0.1) is 0 Å². The standard InChI is InChI=1S/C16H18N2O/c1-18(11-12-6-8-17-9-7-12)15-10-13-4-2-3-5-14(13)16(15)19/h2-9,15-16,19H,10-11H2,1H3. The molecule has 1 aliphatic carbocycles. The lowest BCUT2D eigenvalue weighted by atomic mass is 10.1. The molecule has 0 amide bonds. The minimum Gasteiger partial charge on any atom is -0.387 e. The van der Waals surface area contributed by atoms with Crippen molar-refractivity contribution in [2.75, 3.05) is 7.05 Å². The van der Waals surface area contributed by atoms with Gasteiger partial charge in [0.25, 0.3) is 0 Å². The van der Waals surface area contributed by atoms with E-state index in [1.54, 1.807) is 0 Å². The van der Waals surface area contributed by atoms with Gasteiger partial charge in [0.1, 0.15) is 0 Å². The highest BCUT2D eigenvalue weighted by Crippen LogP contribution is 2.34. The lowest BCUT2D eigenvalue weighted by Crippen LogP contribution is -2.34. The number of hydrogen-bond donors (Lipinski definition) is 1. The van der Waals surface area contributed by atoms with Gasteiger partial charge in [-0.05, 0) is 42.3 Å². The fourth-order valence-corrected chi connectivity index (χ4v) is 2.84. The highest BCUT2D eigenvalue weighted by atomic mass is 16.3. The number of fused-ring (bicyclic) bond motifs is 1. The van der Waals surface area contributed by atoms with Crippen LogP contribution in [0.25, 0.3) is 0 Å². The van der Waals surface area contributed by atoms with E-state index in [0.717, 1.165) is 18.5 Å². The van der Waals surface area contributed by atoms with E-state index in [1.807, 2.05) is 42.7 Å². The fraction of sp³-hybridized carbons (Fsp3) is 0.312. The molecule has 0 radical (unpaired) electrons. The predicted molar refractivity (Wildman–Crippen MR) is 74.6 cm³/mol. The number of aromatic nitrogens is 1. The van der Waals surface area contributed by atoms with E-state index in [4.69, 9.17) is 0 Å². The molecule has 2 aromatic rings. The lowest BCUT2D eigenvalue weighted by Gasteiger charge is -2.27. The monoisotopic (exact) mass is 254 g/mol. The van der Waals surface area contributed by atoms with Gasteiger partial charge in [-0.2, -0.15) is 0 Å². The number of benzene rings is 1. The zero-order valence-electron chi connectivity index (χ0n) is 11.0. The smallest absolute Gasteiger partial charge is 0.0951 e. The van der Waals surface area contributed by atoms with Gasteiger partial charge in [0.05, 0.1) is 6.10 Å². The van der Waals surface area contributed by atoms with Crippen LogP contribution in [0.15, 0.2) is 48.8 Å². The summed E-state index contributed by atoms with van der Waals surface area (Å²) in [4.78, 5) is 6.25. The van der Waals surface area contributed by atoms with Gasteiger partial charge >= 0.3 is 0 Å². The summed E-state index contributed by atoms with van der Waals surface area (Å²) in [6, 6.07) is 12.4. The van der Waals surface area contributed by atoms with Gasteiger partial charge in [-0.25, -0.2) is 0 Å². The number of nitrogens with zero attached hydrogens (tertiary/aromatic N) is 2. The molecule has 1 N–H and O–H groups in total. The van der Waals surface area contributed by atoms with Gasteiger partial charge in [-0.3, -0.25) is 9.88 Å². The van der Waals surface area contributed by atoms with E-state index in [-0.39, 0.29) is 12.1 Å². The zero-order chi connectivity index (χ0) is 13.2. The van der Waals surface area contributed by atoms with Crippen LogP contribution < -0.4 is 0 Å². The summed E-state index contributed by atoms with van der Waals surface area (Å²) in [6.45, 7) is 0.832. The maximum Gasteiger partial charge on any atom is 0.0951 e. The Morgan fingerprint density at radius 2 is 1.95 bits per heavy atom. The molecule has 0 bridgehead atoms. The lowest BCUT2D eigenvalue weighted by molar-refractivity contribution is 0.0721. The molecule has 1 aromatic heterocycles. The number of pyridine rings is 1. The average Bonchev–Trinajstić information content (AvgIpc) is 2.78. The Balaban J connectivity index is 1.74. The first kappa shape index (κ1) is 12.3. The van der Waals surface area contributed by atoms with Crippen LogP contribution in [-0.2, 0) is 13.0 Å². The van der Waals surface area contributed by atoms with Crippen molar-refractivity contribution in [3.63, 3.8) is 0 Å². The van der Waals surface area contributed by atoms with E-state index in [1.165, 1.54) is 11.1 Å². The summed E-state index contributed by atoms with van der Waals surface area (Å²) in [5.74, 6) is 0. The van der Waals surface area contributed by atoms with Crippen molar-refractivity contribution in [3.05, 3.63) is 65.5 Å². The van der Waals surface area contributed by atoms with E-state index in [9.17, 15) is 5.11 Å². The van der Waals surface area contributed by atoms with E-state index < -0.39 is 0 Å². The summed E-state index contributed by atoms with van der Waals surface area (Å²) < 4.78 is 0. The number of aliphatic hydroxyl groups is 1. The van der Waals surface area contributed by atoms with Crippen molar-refractivity contribution in [1.29, 1.82) is 0 Å².